The average molecular weight is 311 g/mol. The molecule has 23 heavy (non-hydrogen) atoms. The summed E-state index contributed by atoms with van der Waals surface area (Å²) in [6.45, 7) is 6.20. The summed E-state index contributed by atoms with van der Waals surface area (Å²) in [6, 6.07) is 10.2. The third-order valence-corrected chi connectivity index (χ3v) is 4.35. The number of carbonyl (C=O) groups excluding carboxylic acids is 1. The van der Waals surface area contributed by atoms with Gasteiger partial charge in [0.15, 0.2) is 0 Å². The zero-order valence-corrected chi connectivity index (χ0v) is 14.0. The molecule has 3 rings (SSSR count). The second kappa shape index (κ2) is 6.99. The fourth-order valence-corrected chi connectivity index (χ4v) is 2.79. The van der Waals surface area contributed by atoms with E-state index < -0.39 is 0 Å². The predicted octanol–water partition coefficient (Wildman–Crippen LogP) is 3.75. The molecule has 1 heterocycles. The number of rotatable bonds is 7. The molecule has 0 radical (unpaired) electrons. The van der Waals surface area contributed by atoms with E-state index in [4.69, 9.17) is 4.98 Å². The van der Waals surface area contributed by atoms with E-state index in [0.717, 1.165) is 61.1 Å². The Bertz CT molecular complexity index is 694. The minimum atomic E-state index is 0.0268. The van der Waals surface area contributed by atoms with Crippen LogP contribution in [0.5, 0.6) is 0 Å². The molecule has 122 valence electrons. The van der Waals surface area contributed by atoms with Gasteiger partial charge in [0.25, 0.3) is 5.91 Å². The van der Waals surface area contributed by atoms with Gasteiger partial charge in [0.2, 0.25) is 0 Å². The number of nitrogens with zero attached hydrogens (tertiary/aromatic N) is 2. The van der Waals surface area contributed by atoms with Crippen molar-refractivity contribution in [3.05, 3.63) is 35.9 Å². The molecule has 2 aromatic rings. The molecule has 1 aromatic heterocycles. The quantitative estimate of drug-likeness (QED) is 0.847. The average Bonchev–Trinajstić information content (AvgIpc) is 3.38. The second-order valence-electron chi connectivity index (χ2n) is 6.23. The first-order valence-electron chi connectivity index (χ1n) is 8.68. The van der Waals surface area contributed by atoms with Crippen molar-refractivity contribution in [2.75, 3.05) is 18.0 Å². The van der Waals surface area contributed by atoms with Crippen LogP contribution in [0.2, 0.25) is 0 Å². The molecule has 0 saturated heterocycles. The number of carbonyl (C=O) groups is 1. The van der Waals surface area contributed by atoms with Gasteiger partial charge in [0.05, 0.1) is 11.1 Å². The van der Waals surface area contributed by atoms with Gasteiger partial charge in [0.1, 0.15) is 5.82 Å². The maximum Gasteiger partial charge on any atom is 0.252 e. The number of unbranched alkanes of at least 4 members (excludes halogenated alkanes) is 1. The number of pyridine rings is 1. The fraction of sp³-hybridized carbons (Fsp3) is 0.474. The van der Waals surface area contributed by atoms with Crippen LogP contribution >= 0.6 is 0 Å². The van der Waals surface area contributed by atoms with Crippen molar-refractivity contribution >= 4 is 22.6 Å². The summed E-state index contributed by atoms with van der Waals surface area (Å²) in [6.07, 6.45) is 4.48. The molecule has 0 bridgehead atoms. The molecule has 0 atom stereocenters. The highest BCUT2D eigenvalue weighted by atomic mass is 16.1. The van der Waals surface area contributed by atoms with Gasteiger partial charge in [-0.1, -0.05) is 31.5 Å². The first kappa shape index (κ1) is 15.8. The standard InChI is InChI=1S/C19H25N3O/c1-3-5-12-22(4-2)18-13-16(19(23)20-14-10-11-14)15-8-6-7-9-17(15)21-18/h6-9,13-14H,3-5,10-12H2,1-2H3,(H,20,23). The lowest BCUT2D eigenvalue weighted by atomic mass is 10.1. The molecule has 1 N–H and O–H groups in total. The van der Waals surface area contributed by atoms with E-state index >= 15 is 0 Å². The van der Waals surface area contributed by atoms with Crippen LogP contribution in [0.25, 0.3) is 10.9 Å². The molecular formula is C19H25N3O. The highest BCUT2D eigenvalue weighted by Crippen LogP contribution is 2.25. The number of amides is 1. The molecule has 0 unspecified atom stereocenters. The summed E-state index contributed by atoms with van der Waals surface area (Å²) in [4.78, 5) is 19.7. The topological polar surface area (TPSA) is 45.2 Å². The number of anilines is 1. The van der Waals surface area contributed by atoms with E-state index in [-0.39, 0.29) is 5.91 Å². The first-order valence-corrected chi connectivity index (χ1v) is 8.68. The van der Waals surface area contributed by atoms with Crippen LogP contribution in [0.3, 0.4) is 0 Å². The fourth-order valence-electron chi connectivity index (χ4n) is 2.79. The first-order chi connectivity index (χ1) is 11.2. The Kier molecular flexibility index (Phi) is 4.79. The molecule has 1 saturated carbocycles. The molecule has 1 aromatic carbocycles. The maximum absolute atomic E-state index is 12.6. The Morgan fingerprint density at radius 1 is 1.30 bits per heavy atom. The zero-order valence-electron chi connectivity index (χ0n) is 14.0. The third kappa shape index (κ3) is 3.63. The van der Waals surface area contributed by atoms with Crippen LogP contribution in [0, 0.1) is 0 Å². The van der Waals surface area contributed by atoms with Crippen LogP contribution in [0.1, 0.15) is 49.9 Å². The SMILES string of the molecule is CCCCN(CC)c1cc(C(=O)NC2CC2)c2ccccc2n1. The van der Waals surface area contributed by atoms with Gasteiger partial charge in [-0.05, 0) is 38.3 Å². The van der Waals surface area contributed by atoms with Gasteiger partial charge in [-0.15, -0.1) is 0 Å². The van der Waals surface area contributed by atoms with E-state index in [1.165, 1.54) is 0 Å². The van der Waals surface area contributed by atoms with Crippen LogP contribution < -0.4 is 10.2 Å². The van der Waals surface area contributed by atoms with Crippen molar-refractivity contribution in [1.29, 1.82) is 0 Å². The number of hydrogen-bond acceptors (Lipinski definition) is 3. The number of hydrogen-bond donors (Lipinski definition) is 1. The molecule has 4 nitrogen and oxygen atoms in total. The van der Waals surface area contributed by atoms with E-state index in [1.807, 2.05) is 30.3 Å². The Morgan fingerprint density at radius 2 is 2.09 bits per heavy atom. The number of benzene rings is 1. The molecule has 1 aliphatic carbocycles. The van der Waals surface area contributed by atoms with Crippen LogP contribution in [-0.2, 0) is 0 Å². The Hall–Kier alpha value is -2.10. The second-order valence-corrected chi connectivity index (χ2v) is 6.23. The van der Waals surface area contributed by atoms with Crippen molar-refractivity contribution < 1.29 is 4.79 Å². The van der Waals surface area contributed by atoms with E-state index in [2.05, 4.69) is 24.1 Å². The lowest BCUT2D eigenvalue weighted by molar-refractivity contribution is 0.0952. The minimum Gasteiger partial charge on any atom is -0.357 e. The molecule has 1 amide bonds. The van der Waals surface area contributed by atoms with Crippen molar-refractivity contribution in [2.45, 2.75) is 45.6 Å². The van der Waals surface area contributed by atoms with E-state index in [1.54, 1.807) is 0 Å². The van der Waals surface area contributed by atoms with Crippen molar-refractivity contribution in [3.63, 3.8) is 0 Å². The number of para-hydroxylation sites is 1. The third-order valence-electron chi connectivity index (χ3n) is 4.35. The van der Waals surface area contributed by atoms with Gasteiger partial charge in [0, 0.05) is 24.5 Å². The van der Waals surface area contributed by atoms with Gasteiger partial charge in [-0.2, -0.15) is 0 Å². The van der Waals surface area contributed by atoms with Gasteiger partial charge < -0.3 is 10.2 Å². The Labute approximate surface area is 137 Å². The number of fused-ring (bicyclic) bond motifs is 1. The molecule has 1 aliphatic rings. The van der Waals surface area contributed by atoms with E-state index in [0.29, 0.717) is 6.04 Å². The highest BCUT2D eigenvalue weighted by molar-refractivity contribution is 6.07. The summed E-state index contributed by atoms with van der Waals surface area (Å²) in [5.74, 6) is 0.930. The van der Waals surface area contributed by atoms with Crippen LogP contribution in [0.15, 0.2) is 30.3 Å². The van der Waals surface area contributed by atoms with Gasteiger partial charge in [-0.3, -0.25) is 4.79 Å². The summed E-state index contributed by atoms with van der Waals surface area (Å²) < 4.78 is 0. The van der Waals surface area contributed by atoms with Gasteiger partial charge in [-0.25, -0.2) is 4.98 Å². The Balaban J connectivity index is 1.99. The summed E-state index contributed by atoms with van der Waals surface area (Å²) in [5.41, 5.74) is 1.63. The van der Waals surface area contributed by atoms with Crippen LogP contribution in [0.4, 0.5) is 5.82 Å². The monoisotopic (exact) mass is 311 g/mol. The minimum absolute atomic E-state index is 0.0268. The predicted molar refractivity (Wildman–Crippen MR) is 95.0 cm³/mol. The molecular weight excluding hydrogens is 286 g/mol. The lowest BCUT2D eigenvalue weighted by Crippen LogP contribution is -2.28. The number of aromatic nitrogens is 1. The van der Waals surface area contributed by atoms with Crippen LogP contribution in [-0.4, -0.2) is 30.0 Å². The zero-order chi connectivity index (χ0) is 16.2. The molecule has 4 heteroatoms. The van der Waals surface area contributed by atoms with E-state index in [9.17, 15) is 4.79 Å². The number of nitrogens with one attached hydrogen (secondary N) is 1. The Morgan fingerprint density at radius 3 is 2.78 bits per heavy atom. The normalized spacial score (nSPS) is 14.0. The smallest absolute Gasteiger partial charge is 0.252 e. The molecule has 0 spiro atoms. The van der Waals surface area contributed by atoms with Gasteiger partial charge >= 0.3 is 0 Å². The van der Waals surface area contributed by atoms with Crippen molar-refractivity contribution in [2.24, 2.45) is 0 Å². The summed E-state index contributed by atoms with van der Waals surface area (Å²) >= 11 is 0. The largest absolute Gasteiger partial charge is 0.357 e. The lowest BCUT2D eigenvalue weighted by Gasteiger charge is -2.23. The summed E-state index contributed by atoms with van der Waals surface area (Å²) in [7, 11) is 0. The maximum atomic E-state index is 12.6. The van der Waals surface area contributed by atoms with Crippen molar-refractivity contribution in [3.8, 4) is 0 Å². The van der Waals surface area contributed by atoms with Crippen molar-refractivity contribution in [1.82, 2.24) is 10.3 Å². The molecule has 1 fully saturated rings. The summed E-state index contributed by atoms with van der Waals surface area (Å²) in [5, 5.41) is 4.04. The molecule has 0 aliphatic heterocycles. The highest BCUT2D eigenvalue weighted by Gasteiger charge is 2.25.